The van der Waals surface area contributed by atoms with Gasteiger partial charge in [-0.25, -0.2) is 4.68 Å². The van der Waals surface area contributed by atoms with Crippen LogP contribution in [0.5, 0.6) is 0 Å². The van der Waals surface area contributed by atoms with E-state index in [1.807, 2.05) is 60.8 Å². The number of hydrogen-bond donors (Lipinski definition) is 2. The molecule has 0 bridgehead atoms. The molecule has 3 rings (SSSR count). The Morgan fingerprint density at radius 1 is 1.12 bits per heavy atom. The van der Waals surface area contributed by atoms with Crippen molar-refractivity contribution in [3.8, 4) is 5.69 Å². The van der Waals surface area contributed by atoms with Crippen molar-refractivity contribution in [2.45, 2.75) is 6.42 Å². The monoisotopic (exact) mass is 342 g/mol. The highest BCUT2D eigenvalue weighted by molar-refractivity contribution is 6.04. The Bertz CT molecular complexity index is 785. The molecule has 0 saturated heterocycles. The Labute approximate surface area is 146 Å². The van der Waals surface area contributed by atoms with Crippen LogP contribution in [0.15, 0.2) is 67.0 Å². The van der Waals surface area contributed by atoms with Crippen LogP contribution in [-0.4, -0.2) is 22.2 Å². The summed E-state index contributed by atoms with van der Waals surface area (Å²) in [5, 5.41) is 7.09. The van der Waals surface area contributed by atoms with Crippen LogP contribution in [0.25, 0.3) is 5.69 Å². The van der Waals surface area contributed by atoms with E-state index in [2.05, 4.69) is 10.4 Å². The van der Waals surface area contributed by atoms with E-state index < -0.39 is 0 Å². The maximum atomic E-state index is 12.3. The van der Waals surface area contributed by atoms with Crippen molar-refractivity contribution in [1.29, 1.82) is 0 Å². The third-order valence-corrected chi connectivity index (χ3v) is 3.52. The predicted molar refractivity (Wildman–Crippen MR) is 98.0 cm³/mol. The van der Waals surface area contributed by atoms with Crippen molar-refractivity contribution in [2.24, 2.45) is 5.73 Å². The van der Waals surface area contributed by atoms with Gasteiger partial charge in [0.25, 0.3) is 5.91 Å². The molecular weight excluding hydrogens is 324 g/mol. The highest BCUT2D eigenvalue weighted by atomic mass is 35.5. The maximum Gasteiger partial charge on any atom is 0.255 e. The van der Waals surface area contributed by atoms with E-state index in [0.29, 0.717) is 12.1 Å². The van der Waals surface area contributed by atoms with Crippen molar-refractivity contribution in [3.63, 3.8) is 0 Å². The summed E-state index contributed by atoms with van der Waals surface area (Å²) < 4.78 is 1.75. The summed E-state index contributed by atoms with van der Waals surface area (Å²) in [4.78, 5) is 12.3. The second-order valence-electron chi connectivity index (χ2n) is 5.19. The van der Waals surface area contributed by atoms with E-state index in [0.717, 1.165) is 23.4 Å². The van der Waals surface area contributed by atoms with Crippen molar-refractivity contribution in [3.05, 3.63) is 78.1 Å². The fourth-order valence-corrected chi connectivity index (χ4v) is 2.34. The molecule has 1 amide bonds. The van der Waals surface area contributed by atoms with E-state index in [4.69, 9.17) is 5.73 Å². The van der Waals surface area contributed by atoms with Crippen LogP contribution in [0, 0.1) is 0 Å². The van der Waals surface area contributed by atoms with Gasteiger partial charge in [0.1, 0.15) is 0 Å². The van der Waals surface area contributed by atoms with Crippen LogP contribution in [0.4, 0.5) is 5.69 Å². The zero-order chi connectivity index (χ0) is 16.1. The summed E-state index contributed by atoms with van der Waals surface area (Å²) in [7, 11) is 0. The molecule has 6 heteroatoms. The molecule has 3 aromatic rings. The minimum atomic E-state index is -0.137. The van der Waals surface area contributed by atoms with Crippen molar-refractivity contribution < 1.29 is 4.79 Å². The van der Waals surface area contributed by atoms with Crippen LogP contribution in [0.1, 0.15) is 15.9 Å². The SMILES string of the molecule is Cl.NCCc1ccc(C(=O)Nc2cccc(-n3cccn3)c2)cc1. The second-order valence-corrected chi connectivity index (χ2v) is 5.19. The topological polar surface area (TPSA) is 72.9 Å². The molecule has 1 heterocycles. The number of nitrogens with two attached hydrogens (primary N) is 1. The number of halogens is 1. The molecule has 0 aliphatic heterocycles. The van der Waals surface area contributed by atoms with Gasteiger partial charge in [-0.1, -0.05) is 18.2 Å². The standard InChI is InChI=1S/C18H18N4O.ClH/c19-10-9-14-5-7-15(8-6-14)18(23)21-16-3-1-4-17(13-16)22-12-2-11-20-22;/h1-8,11-13H,9-10,19H2,(H,21,23);1H. The molecule has 0 radical (unpaired) electrons. The van der Waals surface area contributed by atoms with Gasteiger partial charge in [0.2, 0.25) is 0 Å². The Kier molecular flexibility index (Phi) is 6.12. The minimum absolute atomic E-state index is 0. The number of amides is 1. The highest BCUT2D eigenvalue weighted by Gasteiger charge is 2.07. The smallest absolute Gasteiger partial charge is 0.255 e. The summed E-state index contributed by atoms with van der Waals surface area (Å²) in [6.45, 7) is 0.603. The average Bonchev–Trinajstić information content (AvgIpc) is 3.11. The van der Waals surface area contributed by atoms with Crippen LogP contribution in [0.2, 0.25) is 0 Å². The van der Waals surface area contributed by atoms with Gasteiger partial charge in [-0.2, -0.15) is 5.10 Å². The molecule has 0 saturated carbocycles. The fourth-order valence-electron chi connectivity index (χ4n) is 2.34. The summed E-state index contributed by atoms with van der Waals surface area (Å²) in [5.41, 5.74) is 8.90. The number of benzene rings is 2. The lowest BCUT2D eigenvalue weighted by Gasteiger charge is -2.08. The maximum absolute atomic E-state index is 12.3. The van der Waals surface area contributed by atoms with Gasteiger partial charge < -0.3 is 11.1 Å². The summed E-state index contributed by atoms with van der Waals surface area (Å²) >= 11 is 0. The number of carbonyl (C=O) groups excluding carboxylic acids is 1. The highest BCUT2D eigenvalue weighted by Crippen LogP contribution is 2.15. The third kappa shape index (κ3) is 4.22. The largest absolute Gasteiger partial charge is 0.330 e. The van der Waals surface area contributed by atoms with E-state index in [1.165, 1.54) is 0 Å². The Balaban J connectivity index is 0.00000208. The summed E-state index contributed by atoms with van der Waals surface area (Å²) in [6.07, 6.45) is 4.39. The average molecular weight is 343 g/mol. The van der Waals surface area contributed by atoms with Gasteiger partial charge in [0.15, 0.2) is 0 Å². The van der Waals surface area contributed by atoms with Gasteiger partial charge in [-0.3, -0.25) is 4.79 Å². The molecule has 0 spiro atoms. The molecule has 124 valence electrons. The predicted octanol–water partition coefficient (Wildman–Crippen LogP) is 3.05. The first kappa shape index (κ1) is 17.7. The third-order valence-electron chi connectivity index (χ3n) is 3.52. The van der Waals surface area contributed by atoms with Crippen molar-refractivity contribution >= 4 is 24.0 Å². The van der Waals surface area contributed by atoms with Gasteiger partial charge >= 0.3 is 0 Å². The van der Waals surface area contributed by atoms with Gasteiger partial charge in [0.05, 0.1) is 5.69 Å². The zero-order valence-corrected chi connectivity index (χ0v) is 13.9. The molecule has 0 aliphatic carbocycles. The van der Waals surface area contributed by atoms with E-state index in [1.54, 1.807) is 10.9 Å². The molecule has 3 N–H and O–H groups in total. The molecule has 0 atom stereocenters. The number of nitrogens with zero attached hydrogens (tertiary/aromatic N) is 2. The minimum Gasteiger partial charge on any atom is -0.330 e. The Hall–Kier alpha value is -2.63. The lowest BCUT2D eigenvalue weighted by Crippen LogP contribution is -2.12. The van der Waals surface area contributed by atoms with Crippen molar-refractivity contribution in [1.82, 2.24) is 9.78 Å². The van der Waals surface area contributed by atoms with Crippen LogP contribution < -0.4 is 11.1 Å². The molecule has 24 heavy (non-hydrogen) atoms. The fraction of sp³-hybridized carbons (Fsp3) is 0.111. The van der Waals surface area contributed by atoms with E-state index in [-0.39, 0.29) is 18.3 Å². The first-order valence-corrected chi connectivity index (χ1v) is 7.47. The molecule has 5 nitrogen and oxygen atoms in total. The first-order valence-electron chi connectivity index (χ1n) is 7.47. The van der Waals surface area contributed by atoms with Crippen LogP contribution in [0.3, 0.4) is 0 Å². The van der Waals surface area contributed by atoms with Gasteiger partial charge in [-0.15, -0.1) is 12.4 Å². The quantitative estimate of drug-likeness (QED) is 0.748. The molecule has 0 fully saturated rings. The molecule has 0 unspecified atom stereocenters. The van der Waals surface area contributed by atoms with E-state index >= 15 is 0 Å². The number of hydrogen-bond acceptors (Lipinski definition) is 3. The van der Waals surface area contributed by atoms with Gasteiger partial charge in [0, 0.05) is 23.6 Å². The lowest BCUT2D eigenvalue weighted by atomic mass is 10.1. The van der Waals surface area contributed by atoms with E-state index in [9.17, 15) is 4.79 Å². The Morgan fingerprint density at radius 3 is 2.58 bits per heavy atom. The van der Waals surface area contributed by atoms with Gasteiger partial charge in [-0.05, 0) is 54.9 Å². The van der Waals surface area contributed by atoms with Crippen LogP contribution in [-0.2, 0) is 6.42 Å². The zero-order valence-electron chi connectivity index (χ0n) is 13.1. The molecule has 0 aliphatic rings. The number of anilines is 1. The summed E-state index contributed by atoms with van der Waals surface area (Å²) in [6, 6.07) is 16.9. The molecule has 2 aromatic carbocycles. The molecule has 1 aromatic heterocycles. The number of carbonyl (C=O) groups is 1. The lowest BCUT2D eigenvalue weighted by molar-refractivity contribution is 0.102. The number of rotatable bonds is 5. The first-order chi connectivity index (χ1) is 11.3. The van der Waals surface area contributed by atoms with Crippen LogP contribution >= 0.6 is 12.4 Å². The number of nitrogens with one attached hydrogen (secondary N) is 1. The second kappa shape index (κ2) is 8.29. The number of aromatic nitrogens is 2. The summed E-state index contributed by atoms with van der Waals surface area (Å²) in [5.74, 6) is -0.137. The molecular formula is C18H19ClN4O. The normalized spacial score (nSPS) is 10.0. The Morgan fingerprint density at radius 2 is 1.92 bits per heavy atom. The van der Waals surface area contributed by atoms with Crippen molar-refractivity contribution in [2.75, 3.05) is 11.9 Å².